The number of H-pyrrole nitrogens is 1. The summed E-state index contributed by atoms with van der Waals surface area (Å²) in [4.78, 5) is 9.29. The second-order valence-electron chi connectivity index (χ2n) is 7.79. The van der Waals surface area contributed by atoms with E-state index in [1.54, 1.807) is 17.8 Å². The molecule has 172 valence electrons. The van der Waals surface area contributed by atoms with Crippen LogP contribution in [0.1, 0.15) is 49.6 Å². The number of methoxy groups -OCH3 is 1. The third kappa shape index (κ3) is 4.81. The summed E-state index contributed by atoms with van der Waals surface area (Å²) in [6.07, 6.45) is 5.07. The van der Waals surface area contributed by atoms with Crippen LogP contribution in [0.3, 0.4) is 0 Å². The first-order valence-electron chi connectivity index (χ1n) is 10.7. The van der Waals surface area contributed by atoms with Gasteiger partial charge in [0.1, 0.15) is 17.9 Å². The molecule has 11 heteroatoms. The fraction of sp³-hybridized carbons (Fsp3) is 0.409. The molecule has 1 fully saturated rings. The van der Waals surface area contributed by atoms with Crippen LogP contribution in [0.5, 0.6) is 10.9 Å². The quantitative estimate of drug-likeness (QED) is 0.211. The molecule has 4 N–H and O–H groups in total. The molecule has 0 saturated carbocycles. The van der Waals surface area contributed by atoms with E-state index < -0.39 is 0 Å². The van der Waals surface area contributed by atoms with Crippen molar-refractivity contribution in [1.82, 2.24) is 15.4 Å². The Labute approximate surface area is 195 Å². The summed E-state index contributed by atoms with van der Waals surface area (Å²) >= 11 is 1.40. The Morgan fingerprint density at radius 3 is 2.88 bits per heavy atom. The van der Waals surface area contributed by atoms with Gasteiger partial charge in [-0.15, -0.1) is 0 Å². The molecule has 4 rings (SSSR count). The van der Waals surface area contributed by atoms with Gasteiger partial charge in [0, 0.05) is 11.4 Å². The summed E-state index contributed by atoms with van der Waals surface area (Å²) in [7, 11) is 1.58. The van der Waals surface area contributed by atoms with Crippen LogP contribution in [-0.2, 0) is 0 Å². The van der Waals surface area contributed by atoms with E-state index in [2.05, 4.69) is 26.6 Å². The van der Waals surface area contributed by atoms with Crippen molar-refractivity contribution in [2.24, 2.45) is 15.9 Å². The molecule has 1 saturated heterocycles. The molecule has 1 unspecified atom stereocenters. The lowest BCUT2D eigenvalue weighted by Crippen LogP contribution is -2.31. The van der Waals surface area contributed by atoms with Gasteiger partial charge in [-0.3, -0.25) is 4.99 Å². The molecular formula is C22H27N8O2S+. The number of piperidine rings is 1. The molecule has 0 amide bonds. The summed E-state index contributed by atoms with van der Waals surface area (Å²) in [5.74, 6) is 6.32. The van der Waals surface area contributed by atoms with Crippen LogP contribution in [0.15, 0.2) is 33.9 Å². The van der Waals surface area contributed by atoms with E-state index >= 15 is 0 Å². The minimum atomic E-state index is -0.367. The number of pyridine rings is 1. The Morgan fingerprint density at radius 1 is 1.42 bits per heavy atom. The number of aliphatic imine (C=N–C) groups is 1. The van der Waals surface area contributed by atoms with Gasteiger partial charge in [-0.05, 0) is 39.8 Å². The highest BCUT2D eigenvalue weighted by Crippen LogP contribution is 2.29. The molecule has 3 aromatic heterocycles. The minimum absolute atomic E-state index is 0.241. The lowest BCUT2D eigenvalue weighted by Gasteiger charge is -2.20. The average Bonchev–Trinajstić information content (AvgIpc) is 3.47. The fourth-order valence-electron chi connectivity index (χ4n) is 3.89. The van der Waals surface area contributed by atoms with Crippen LogP contribution in [0.25, 0.3) is 5.52 Å². The first kappa shape index (κ1) is 22.7. The van der Waals surface area contributed by atoms with E-state index in [1.807, 2.05) is 31.5 Å². The maximum absolute atomic E-state index is 9.60. The molecule has 0 bridgehead atoms. The van der Waals surface area contributed by atoms with E-state index in [9.17, 15) is 5.26 Å². The van der Waals surface area contributed by atoms with Crippen LogP contribution in [0, 0.1) is 11.3 Å². The second-order valence-corrected chi connectivity index (χ2v) is 8.61. The number of aromatic amines is 1. The number of nitrogens with one attached hydrogen (secondary N) is 2. The maximum Gasteiger partial charge on any atom is 0.296 e. The summed E-state index contributed by atoms with van der Waals surface area (Å²) in [6.45, 7) is 5.73. The number of ether oxygens (including phenoxy) is 2. The van der Waals surface area contributed by atoms with Gasteiger partial charge >= 0.3 is 0 Å². The van der Waals surface area contributed by atoms with Gasteiger partial charge < -0.3 is 20.6 Å². The van der Waals surface area contributed by atoms with E-state index in [1.165, 1.54) is 11.3 Å². The van der Waals surface area contributed by atoms with Crippen LogP contribution in [-0.4, -0.2) is 47.7 Å². The van der Waals surface area contributed by atoms with Crippen LogP contribution in [0.2, 0.25) is 0 Å². The normalized spacial score (nSPS) is 16.5. The number of hydrazone groups is 1. The summed E-state index contributed by atoms with van der Waals surface area (Å²) in [5, 5.41) is 22.5. The van der Waals surface area contributed by atoms with Crippen molar-refractivity contribution in [3.05, 3.63) is 40.7 Å². The predicted octanol–water partition coefficient (Wildman–Crippen LogP) is 2.11. The lowest BCUT2D eigenvalue weighted by molar-refractivity contribution is -0.577. The second kappa shape index (κ2) is 9.97. The molecule has 33 heavy (non-hydrogen) atoms. The Hall–Kier alpha value is -3.49. The van der Waals surface area contributed by atoms with Gasteiger partial charge in [0.15, 0.2) is 11.3 Å². The molecule has 0 radical (unpaired) electrons. The van der Waals surface area contributed by atoms with Gasteiger partial charge in [0.2, 0.25) is 6.20 Å². The monoisotopic (exact) mass is 467 g/mol. The first-order valence-corrected chi connectivity index (χ1v) is 11.6. The SMILES string of the molecule is COc1nc(C(C)Oc2cc(/C(=N/N)C(C)=NC3CCNCC3)c[n+]3[nH]cc(C#N)c23)cs1. The number of fused-ring (bicyclic) bond motifs is 1. The topological polar surface area (TPSA) is 138 Å². The van der Waals surface area contributed by atoms with Crippen LogP contribution < -0.4 is 25.1 Å². The number of nitrogens with two attached hydrogens (primary N) is 1. The molecule has 10 nitrogen and oxygen atoms in total. The van der Waals surface area contributed by atoms with E-state index in [0.29, 0.717) is 27.7 Å². The van der Waals surface area contributed by atoms with Crippen molar-refractivity contribution in [2.45, 2.75) is 38.8 Å². The lowest BCUT2D eigenvalue weighted by atomic mass is 10.0. The van der Waals surface area contributed by atoms with Crippen molar-refractivity contribution in [2.75, 3.05) is 20.2 Å². The number of hydrogen-bond donors (Lipinski definition) is 3. The Bertz CT molecular complexity index is 1230. The number of hydrogen-bond acceptors (Lipinski definition) is 9. The summed E-state index contributed by atoms with van der Waals surface area (Å²) in [6, 6.07) is 4.29. The molecule has 1 aliphatic rings. The molecule has 4 heterocycles. The molecule has 1 atom stereocenters. The third-order valence-corrected chi connectivity index (χ3v) is 6.40. The average molecular weight is 468 g/mol. The molecule has 1 aliphatic heterocycles. The first-order chi connectivity index (χ1) is 16.0. The van der Waals surface area contributed by atoms with Gasteiger partial charge in [-0.2, -0.15) is 15.5 Å². The zero-order chi connectivity index (χ0) is 23.4. The van der Waals surface area contributed by atoms with Crippen LogP contribution in [0.4, 0.5) is 0 Å². The number of nitriles is 1. The van der Waals surface area contributed by atoms with Crippen molar-refractivity contribution in [1.29, 1.82) is 5.26 Å². The molecule has 3 aromatic rings. The Morgan fingerprint density at radius 2 is 2.21 bits per heavy atom. The largest absolute Gasteiger partial charge is 0.477 e. The molecule has 0 spiro atoms. The van der Waals surface area contributed by atoms with Crippen LogP contribution >= 0.6 is 11.3 Å². The van der Waals surface area contributed by atoms with E-state index in [-0.39, 0.29) is 12.1 Å². The smallest absolute Gasteiger partial charge is 0.296 e. The minimum Gasteiger partial charge on any atom is -0.477 e. The predicted molar refractivity (Wildman–Crippen MR) is 126 cm³/mol. The van der Waals surface area contributed by atoms with E-state index in [4.69, 9.17) is 20.3 Å². The van der Waals surface area contributed by atoms with Crippen molar-refractivity contribution in [3.63, 3.8) is 0 Å². The number of nitrogens with zero attached hydrogens (tertiary/aromatic N) is 5. The number of aromatic nitrogens is 3. The zero-order valence-corrected chi connectivity index (χ0v) is 19.6. The number of rotatable bonds is 7. The molecular weight excluding hydrogens is 440 g/mol. The fourth-order valence-corrected chi connectivity index (χ4v) is 4.61. The molecule has 0 aliphatic carbocycles. The summed E-state index contributed by atoms with van der Waals surface area (Å²) < 4.78 is 13.2. The number of thiazole rings is 1. The van der Waals surface area contributed by atoms with Gasteiger partial charge in [-0.25, -0.2) is 4.98 Å². The van der Waals surface area contributed by atoms with Crippen molar-refractivity contribution in [3.8, 4) is 17.0 Å². The Balaban J connectivity index is 1.72. The molecule has 0 aromatic carbocycles. The van der Waals surface area contributed by atoms with Crippen molar-refractivity contribution < 1.29 is 14.0 Å². The highest BCUT2D eigenvalue weighted by atomic mass is 32.1. The van der Waals surface area contributed by atoms with Gasteiger partial charge in [-0.1, -0.05) is 15.9 Å². The van der Waals surface area contributed by atoms with Gasteiger partial charge in [0.25, 0.3) is 10.7 Å². The highest BCUT2D eigenvalue weighted by molar-refractivity contribution is 7.11. The zero-order valence-electron chi connectivity index (χ0n) is 18.8. The highest BCUT2D eigenvalue weighted by Gasteiger charge is 2.25. The van der Waals surface area contributed by atoms with Crippen molar-refractivity contribution >= 4 is 28.3 Å². The Kier molecular flexibility index (Phi) is 6.86. The summed E-state index contributed by atoms with van der Waals surface area (Å²) in [5.41, 5.74) is 3.90. The third-order valence-electron chi connectivity index (χ3n) is 5.58. The van der Waals surface area contributed by atoms with E-state index in [0.717, 1.165) is 42.9 Å². The maximum atomic E-state index is 9.60. The van der Waals surface area contributed by atoms with Gasteiger partial charge in [0.05, 0.1) is 36.3 Å². The standard InChI is InChI=1S/C22H26N8O2S/c1-13(27-17-4-6-25-7-5-17)20(29-24)15-8-19(21-16(9-23)10-26-30(21)11-15)32-14(2)18-12-33-22(28-18)31-3/h8,10-12,14,17,25H,4-7H2,1-3H3,(H2,24,27)/p+1.